The Balaban J connectivity index is 1.47. The van der Waals surface area contributed by atoms with Crippen LogP contribution < -0.4 is 19.9 Å². The van der Waals surface area contributed by atoms with Gasteiger partial charge in [0.25, 0.3) is 0 Å². The van der Waals surface area contributed by atoms with Gasteiger partial charge in [-0.3, -0.25) is 5.10 Å². The number of hydrogen-bond donors (Lipinski definition) is 2. The Bertz CT molecular complexity index is 1410. The van der Waals surface area contributed by atoms with Crippen LogP contribution in [0.1, 0.15) is 28.2 Å². The van der Waals surface area contributed by atoms with Gasteiger partial charge in [0.15, 0.2) is 0 Å². The van der Waals surface area contributed by atoms with Crippen LogP contribution in [0.3, 0.4) is 0 Å². The summed E-state index contributed by atoms with van der Waals surface area (Å²) in [6, 6.07) is 25.8. The van der Waals surface area contributed by atoms with Crippen molar-refractivity contribution in [3.63, 3.8) is 0 Å². The first-order valence-electron chi connectivity index (χ1n) is 11.2. The Labute approximate surface area is 203 Å². The molecule has 1 aromatic heterocycles. The molecule has 1 aliphatic rings. The van der Waals surface area contributed by atoms with Gasteiger partial charge in [0.1, 0.15) is 29.7 Å². The van der Waals surface area contributed by atoms with E-state index in [0.717, 1.165) is 39.4 Å². The number of methoxy groups -OCH3 is 1. The number of aryl methyl sites for hydroxylation is 1. The van der Waals surface area contributed by atoms with E-state index in [-0.39, 0.29) is 5.88 Å². The normalized spacial score (nSPS) is 14.6. The fourth-order valence-electron chi connectivity index (χ4n) is 4.16. The fourth-order valence-corrected chi connectivity index (χ4v) is 4.16. The van der Waals surface area contributed by atoms with Crippen LogP contribution in [-0.4, -0.2) is 17.3 Å². The van der Waals surface area contributed by atoms with Gasteiger partial charge in [-0.1, -0.05) is 42.0 Å². The summed E-state index contributed by atoms with van der Waals surface area (Å²) >= 11 is 0. The van der Waals surface area contributed by atoms with Crippen molar-refractivity contribution in [3.05, 3.63) is 107 Å². The van der Waals surface area contributed by atoms with E-state index in [0.29, 0.717) is 18.1 Å². The number of ether oxygens (including phenoxy) is 3. The minimum Gasteiger partial charge on any atom is -0.497 e. The molecule has 0 aliphatic carbocycles. The topological polar surface area (TPSA) is 106 Å². The third-order valence-electron chi connectivity index (χ3n) is 6.06. The smallest absolute Gasteiger partial charge is 0.244 e. The maximum Gasteiger partial charge on any atom is 0.244 e. The predicted octanol–water partition coefficient (Wildman–Crippen LogP) is 5.19. The lowest BCUT2D eigenvalue weighted by Crippen LogP contribution is -2.21. The molecule has 2 heterocycles. The maximum absolute atomic E-state index is 9.93. The van der Waals surface area contributed by atoms with Gasteiger partial charge in [0.05, 0.1) is 24.3 Å². The zero-order valence-electron chi connectivity index (χ0n) is 19.4. The van der Waals surface area contributed by atoms with Crippen LogP contribution in [-0.2, 0) is 6.61 Å². The molecule has 3 aromatic carbocycles. The first-order chi connectivity index (χ1) is 17.1. The lowest BCUT2D eigenvalue weighted by Gasteiger charge is -2.24. The Morgan fingerprint density at radius 1 is 1.00 bits per heavy atom. The number of nitriles is 1. The van der Waals surface area contributed by atoms with Gasteiger partial charge in [-0.15, -0.1) is 5.10 Å². The quantitative estimate of drug-likeness (QED) is 0.407. The van der Waals surface area contributed by atoms with E-state index >= 15 is 0 Å². The van der Waals surface area contributed by atoms with Gasteiger partial charge in [0, 0.05) is 5.56 Å². The lowest BCUT2D eigenvalue weighted by molar-refractivity contribution is 0.306. The van der Waals surface area contributed by atoms with Crippen molar-refractivity contribution >= 4 is 0 Å². The number of H-pyrrole nitrogens is 1. The molecule has 174 valence electrons. The van der Waals surface area contributed by atoms with E-state index in [4.69, 9.17) is 19.9 Å². The third-order valence-corrected chi connectivity index (χ3v) is 6.06. The molecule has 0 saturated carbocycles. The number of benzene rings is 3. The van der Waals surface area contributed by atoms with Crippen molar-refractivity contribution in [2.24, 2.45) is 5.73 Å². The molecular weight excluding hydrogens is 440 g/mol. The van der Waals surface area contributed by atoms with E-state index in [2.05, 4.69) is 47.5 Å². The summed E-state index contributed by atoms with van der Waals surface area (Å²) in [4.78, 5) is 0. The third kappa shape index (κ3) is 4.30. The molecule has 3 N–H and O–H groups in total. The van der Waals surface area contributed by atoms with Crippen molar-refractivity contribution < 1.29 is 14.2 Å². The van der Waals surface area contributed by atoms with Crippen LogP contribution in [0.2, 0.25) is 0 Å². The Kier molecular flexibility index (Phi) is 5.86. The van der Waals surface area contributed by atoms with Crippen molar-refractivity contribution in [3.8, 4) is 34.7 Å². The molecule has 0 spiro atoms. The van der Waals surface area contributed by atoms with E-state index < -0.39 is 5.92 Å². The number of allylic oxidation sites excluding steroid dienone is 1. The molecule has 0 saturated heterocycles. The number of fused-ring (bicyclic) bond motifs is 1. The molecule has 5 rings (SSSR count). The first kappa shape index (κ1) is 22.1. The van der Waals surface area contributed by atoms with E-state index in [1.54, 1.807) is 7.11 Å². The number of hydrogen-bond acceptors (Lipinski definition) is 6. The Hall–Kier alpha value is -4.70. The summed E-state index contributed by atoms with van der Waals surface area (Å²) in [6.07, 6.45) is 0. The van der Waals surface area contributed by atoms with Gasteiger partial charge >= 0.3 is 0 Å². The van der Waals surface area contributed by atoms with Crippen LogP contribution in [0, 0.1) is 18.3 Å². The van der Waals surface area contributed by atoms with Gasteiger partial charge < -0.3 is 19.9 Å². The van der Waals surface area contributed by atoms with E-state index in [1.165, 1.54) is 5.56 Å². The van der Waals surface area contributed by atoms with Crippen LogP contribution in [0.15, 0.2) is 84.3 Å². The van der Waals surface area contributed by atoms with Crippen molar-refractivity contribution in [2.75, 3.05) is 7.11 Å². The maximum atomic E-state index is 9.93. The van der Waals surface area contributed by atoms with Crippen LogP contribution in [0.4, 0.5) is 0 Å². The summed E-state index contributed by atoms with van der Waals surface area (Å²) < 4.78 is 16.9. The largest absolute Gasteiger partial charge is 0.497 e. The average molecular weight is 465 g/mol. The second-order valence-corrected chi connectivity index (χ2v) is 8.31. The SMILES string of the molecule is COc1ccc(-c2[nH]nc3c2[C@H](c2ccc(OCc4ccc(C)cc4)cc2)C(C#N)=C(N)O3)cc1. The molecule has 1 aliphatic heterocycles. The molecule has 0 bridgehead atoms. The Morgan fingerprint density at radius 3 is 2.34 bits per heavy atom. The van der Waals surface area contributed by atoms with Crippen LogP contribution in [0.25, 0.3) is 11.3 Å². The number of nitrogens with zero attached hydrogens (tertiary/aromatic N) is 2. The summed E-state index contributed by atoms with van der Waals surface area (Å²) in [5.74, 6) is 1.46. The van der Waals surface area contributed by atoms with Crippen LogP contribution in [0.5, 0.6) is 17.4 Å². The van der Waals surface area contributed by atoms with E-state index in [1.807, 2.05) is 48.5 Å². The number of nitrogens with two attached hydrogens (primary N) is 1. The molecule has 0 fully saturated rings. The number of nitrogens with one attached hydrogen (secondary N) is 1. The predicted molar refractivity (Wildman–Crippen MR) is 132 cm³/mol. The highest BCUT2D eigenvalue weighted by molar-refractivity contribution is 5.71. The summed E-state index contributed by atoms with van der Waals surface area (Å²) in [7, 11) is 1.62. The van der Waals surface area contributed by atoms with Gasteiger partial charge in [-0.05, 0) is 54.4 Å². The molecule has 7 heteroatoms. The van der Waals surface area contributed by atoms with E-state index in [9.17, 15) is 5.26 Å². The molecule has 4 aromatic rings. The Morgan fingerprint density at radius 2 is 1.69 bits per heavy atom. The highest BCUT2D eigenvalue weighted by Gasteiger charge is 2.35. The molecule has 0 radical (unpaired) electrons. The molecule has 0 unspecified atom stereocenters. The summed E-state index contributed by atoms with van der Waals surface area (Å²) in [6.45, 7) is 2.53. The minimum atomic E-state index is -0.439. The second-order valence-electron chi connectivity index (χ2n) is 8.31. The number of aromatic amines is 1. The number of rotatable bonds is 6. The summed E-state index contributed by atoms with van der Waals surface area (Å²) in [5, 5.41) is 17.3. The standard InChI is InChI=1S/C28H24N4O3/c1-17-3-5-18(6-4-17)16-34-22-13-7-19(8-14-22)24-23(15-29)27(30)35-28-25(24)26(31-32-28)20-9-11-21(33-2)12-10-20/h3-14,24H,16,30H2,1-2H3,(H,31,32)/t24-/m1/s1. The minimum absolute atomic E-state index is 0.0532. The van der Waals surface area contributed by atoms with Crippen molar-refractivity contribution in [1.29, 1.82) is 5.26 Å². The van der Waals surface area contributed by atoms with Crippen molar-refractivity contribution in [2.45, 2.75) is 19.4 Å². The van der Waals surface area contributed by atoms with Crippen molar-refractivity contribution in [1.82, 2.24) is 10.2 Å². The molecule has 1 atom stereocenters. The van der Waals surface area contributed by atoms with Gasteiger partial charge in [0.2, 0.25) is 11.8 Å². The fraction of sp³-hybridized carbons (Fsp3) is 0.143. The average Bonchev–Trinajstić information content (AvgIpc) is 3.31. The molecule has 0 amide bonds. The second kappa shape index (κ2) is 9.27. The summed E-state index contributed by atoms with van der Waals surface area (Å²) in [5.41, 5.74) is 12.0. The monoisotopic (exact) mass is 464 g/mol. The van der Waals surface area contributed by atoms with Gasteiger partial charge in [-0.25, -0.2) is 0 Å². The molecular formula is C28H24N4O3. The first-order valence-corrected chi connectivity index (χ1v) is 11.2. The lowest BCUT2D eigenvalue weighted by atomic mass is 9.83. The highest BCUT2D eigenvalue weighted by Crippen LogP contribution is 2.45. The molecule has 7 nitrogen and oxygen atoms in total. The van der Waals surface area contributed by atoms with Crippen LogP contribution >= 0.6 is 0 Å². The van der Waals surface area contributed by atoms with Gasteiger partial charge in [-0.2, -0.15) is 5.26 Å². The zero-order chi connectivity index (χ0) is 24.4. The molecule has 35 heavy (non-hydrogen) atoms. The zero-order valence-corrected chi connectivity index (χ0v) is 19.4. The highest BCUT2D eigenvalue weighted by atomic mass is 16.5. The number of aromatic nitrogens is 2.